The molecule has 2 rings (SSSR count). The molecular formula is C19H30N2O2. The van der Waals surface area contributed by atoms with E-state index in [4.69, 9.17) is 10.5 Å². The minimum absolute atomic E-state index is 0.0123. The van der Waals surface area contributed by atoms with E-state index in [1.807, 2.05) is 36.9 Å². The van der Waals surface area contributed by atoms with Gasteiger partial charge in [0, 0.05) is 12.6 Å². The van der Waals surface area contributed by atoms with Gasteiger partial charge in [0.15, 0.2) is 6.10 Å². The van der Waals surface area contributed by atoms with Gasteiger partial charge in [0.2, 0.25) is 0 Å². The van der Waals surface area contributed by atoms with Crippen molar-refractivity contribution in [1.29, 1.82) is 0 Å². The number of nitrogens with two attached hydrogens (primary N) is 1. The molecule has 0 saturated carbocycles. The first-order chi connectivity index (χ1) is 10.8. The Kier molecular flexibility index (Phi) is 5.69. The van der Waals surface area contributed by atoms with Crippen LogP contribution >= 0.6 is 0 Å². The maximum absolute atomic E-state index is 12.7. The van der Waals surface area contributed by atoms with Gasteiger partial charge in [-0.3, -0.25) is 4.79 Å². The number of rotatable bonds is 6. The number of hydrogen-bond acceptors (Lipinski definition) is 3. The van der Waals surface area contributed by atoms with Gasteiger partial charge < -0.3 is 15.4 Å². The fourth-order valence-corrected chi connectivity index (χ4v) is 3.05. The lowest BCUT2D eigenvalue weighted by Crippen LogP contribution is -2.48. The van der Waals surface area contributed by atoms with Crippen LogP contribution in [0.15, 0.2) is 18.2 Å². The van der Waals surface area contributed by atoms with E-state index in [1.54, 1.807) is 0 Å². The van der Waals surface area contributed by atoms with Crippen molar-refractivity contribution < 1.29 is 9.53 Å². The van der Waals surface area contributed by atoms with Crippen LogP contribution in [0.1, 0.15) is 59.1 Å². The third kappa shape index (κ3) is 3.86. The second-order valence-corrected chi connectivity index (χ2v) is 7.24. The van der Waals surface area contributed by atoms with E-state index >= 15 is 0 Å². The van der Waals surface area contributed by atoms with Gasteiger partial charge in [-0.05, 0) is 42.4 Å². The molecule has 0 saturated heterocycles. The molecule has 1 aliphatic heterocycles. The Balaban J connectivity index is 2.37. The van der Waals surface area contributed by atoms with Crippen molar-refractivity contribution in [3.8, 4) is 5.75 Å². The Morgan fingerprint density at radius 2 is 1.96 bits per heavy atom. The highest BCUT2D eigenvalue weighted by molar-refractivity contribution is 6.00. The lowest BCUT2D eigenvalue weighted by molar-refractivity contribution is -0.128. The van der Waals surface area contributed by atoms with Crippen molar-refractivity contribution in [2.75, 3.05) is 11.4 Å². The first kappa shape index (κ1) is 17.8. The van der Waals surface area contributed by atoms with Crippen molar-refractivity contribution in [1.82, 2.24) is 0 Å². The molecule has 4 nitrogen and oxygen atoms in total. The van der Waals surface area contributed by atoms with Gasteiger partial charge in [0.25, 0.3) is 5.91 Å². The molecule has 0 spiro atoms. The van der Waals surface area contributed by atoms with Gasteiger partial charge in [-0.2, -0.15) is 0 Å². The molecule has 1 heterocycles. The fraction of sp³-hybridized carbons (Fsp3) is 0.632. The van der Waals surface area contributed by atoms with E-state index in [1.165, 1.54) is 0 Å². The van der Waals surface area contributed by atoms with Crippen molar-refractivity contribution in [3.05, 3.63) is 23.8 Å². The smallest absolute Gasteiger partial charge is 0.268 e. The highest BCUT2D eigenvalue weighted by Gasteiger charge is 2.36. The molecular weight excluding hydrogens is 288 g/mol. The summed E-state index contributed by atoms with van der Waals surface area (Å²) < 4.78 is 5.97. The lowest BCUT2D eigenvalue weighted by Gasteiger charge is -2.36. The van der Waals surface area contributed by atoms with Crippen molar-refractivity contribution in [2.24, 2.45) is 17.6 Å². The largest absolute Gasteiger partial charge is 0.478 e. The number of carbonyl (C=O) groups excluding carboxylic acids is 1. The monoisotopic (exact) mass is 318 g/mol. The third-order valence-corrected chi connectivity index (χ3v) is 4.24. The van der Waals surface area contributed by atoms with Crippen molar-refractivity contribution in [2.45, 2.75) is 59.6 Å². The second kappa shape index (κ2) is 7.35. The molecule has 0 bridgehead atoms. The number of benzene rings is 1. The number of nitrogens with zero attached hydrogens (tertiary/aromatic N) is 1. The summed E-state index contributed by atoms with van der Waals surface area (Å²) in [6.45, 7) is 11.2. The molecule has 128 valence electrons. The average Bonchev–Trinajstić information content (AvgIpc) is 2.48. The van der Waals surface area contributed by atoms with Crippen LogP contribution in [0.5, 0.6) is 5.75 Å². The van der Waals surface area contributed by atoms with Crippen LogP contribution in [0.25, 0.3) is 0 Å². The molecule has 0 aliphatic carbocycles. The Morgan fingerprint density at radius 3 is 2.52 bits per heavy atom. The van der Waals surface area contributed by atoms with Crippen LogP contribution in [-0.2, 0) is 4.79 Å². The number of amides is 1. The van der Waals surface area contributed by atoms with Crippen molar-refractivity contribution >= 4 is 11.6 Å². The SMILES string of the molecule is CCCN1C(=O)C(C(C)C)Oc2ccc(C(N)CC(C)C)cc21. The fourth-order valence-electron chi connectivity index (χ4n) is 3.05. The summed E-state index contributed by atoms with van der Waals surface area (Å²) in [4.78, 5) is 14.6. The molecule has 2 unspecified atom stereocenters. The summed E-state index contributed by atoms with van der Waals surface area (Å²) in [6, 6.07) is 6.02. The highest BCUT2D eigenvalue weighted by Crippen LogP contribution is 2.38. The van der Waals surface area contributed by atoms with E-state index in [-0.39, 0.29) is 17.9 Å². The first-order valence-electron chi connectivity index (χ1n) is 8.72. The number of carbonyl (C=O) groups is 1. The van der Waals surface area contributed by atoms with Crippen LogP contribution in [0.4, 0.5) is 5.69 Å². The zero-order chi connectivity index (χ0) is 17.1. The van der Waals surface area contributed by atoms with E-state index in [0.29, 0.717) is 12.5 Å². The number of ether oxygens (including phenoxy) is 1. The summed E-state index contributed by atoms with van der Waals surface area (Å²) in [5, 5.41) is 0. The summed E-state index contributed by atoms with van der Waals surface area (Å²) in [5.41, 5.74) is 8.25. The Bertz CT molecular complexity index is 554. The van der Waals surface area contributed by atoms with Crippen LogP contribution in [-0.4, -0.2) is 18.6 Å². The number of fused-ring (bicyclic) bond motifs is 1. The highest BCUT2D eigenvalue weighted by atomic mass is 16.5. The van der Waals surface area contributed by atoms with Crippen LogP contribution in [0.3, 0.4) is 0 Å². The molecule has 1 aromatic carbocycles. The molecule has 4 heteroatoms. The summed E-state index contributed by atoms with van der Waals surface area (Å²) in [7, 11) is 0. The normalized spacial score (nSPS) is 19.0. The molecule has 0 fully saturated rings. The minimum atomic E-state index is -0.399. The molecule has 0 aromatic heterocycles. The van der Waals surface area contributed by atoms with Gasteiger partial charge in [-0.15, -0.1) is 0 Å². The van der Waals surface area contributed by atoms with Crippen LogP contribution in [0, 0.1) is 11.8 Å². The summed E-state index contributed by atoms with van der Waals surface area (Å²) in [5.74, 6) is 1.54. The minimum Gasteiger partial charge on any atom is -0.478 e. The lowest BCUT2D eigenvalue weighted by atomic mass is 9.96. The number of anilines is 1. The van der Waals surface area contributed by atoms with Gasteiger partial charge in [-0.25, -0.2) is 0 Å². The number of hydrogen-bond donors (Lipinski definition) is 1. The molecule has 1 aliphatic rings. The zero-order valence-corrected chi connectivity index (χ0v) is 15.0. The molecule has 2 N–H and O–H groups in total. The first-order valence-corrected chi connectivity index (χ1v) is 8.72. The van der Waals surface area contributed by atoms with Crippen LogP contribution in [0.2, 0.25) is 0 Å². The topological polar surface area (TPSA) is 55.6 Å². The Morgan fingerprint density at radius 1 is 1.26 bits per heavy atom. The molecule has 23 heavy (non-hydrogen) atoms. The maximum atomic E-state index is 12.7. The average molecular weight is 318 g/mol. The molecule has 0 radical (unpaired) electrons. The third-order valence-electron chi connectivity index (χ3n) is 4.24. The van der Waals surface area contributed by atoms with E-state index in [2.05, 4.69) is 20.8 Å². The Labute approximate surface area is 140 Å². The predicted molar refractivity (Wildman–Crippen MR) is 94.7 cm³/mol. The van der Waals surface area contributed by atoms with Gasteiger partial charge in [-0.1, -0.05) is 40.7 Å². The van der Waals surface area contributed by atoms with Gasteiger partial charge in [0.05, 0.1) is 5.69 Å². The van der Waals surface area contributed by atoms with E-state index in [9.17, 15) is 4.79 Å². The predicted octanol–water partition coefficient (Wildman–Crippen LogP) is 3.89. The summed E-state index contributed by atoms with van der Waals surface area (Å²) >= 11 is 0. The van der Waals surface area contributed by atoms with Gasteiger partial charge in [0.1, 0.15) is 5.75 Å². The van der Waals surface area contributed by atoms with Crippen LogP contribution < -0.4 is 15.4 Å². The van der Waals surface area contributed by atoms with Crippen molar-refractivity contribution in [3.63, 3.8) is 0 Å². The summed E-state index contributed by atoms with van der Waals surface area (Å²) in [6.07, 6.45) is 1.44. The molecule has 1 aromatic rings. The maximum Gasteiger partial charge on any atom is 0.268 e. The second-order valence-electron chi connectivity index (χ2n) is 7.24. The van der Waals surface area contributed by atoms with E-state index < -0.39 is 6.10 Å². The standard InChI is InChI=1S/C19H30N2O2/c1-6-9-21-16-11-14(15(20)10-12(2)3)7-8-17(16)23-18(13(4)5)19(21)22/h7-8,11-13,15,18H,6,9-10,20H2,1-5H3. The van der Waals surface area contributed by atoms with E-state index in [0.717, 1.165) is 29.8 Å². The molecule has 2 atom stereocenters. The zero-order valence-electron chi connectivity index (χ0n) is 15.0. The Hall–Kier alpha value is -1.55. The molecule has 1 amide bonds. The van der Waals surface area contributed by atoms with Gasteiger partial charge >= 0.3 is 0 Å². The quantitative estimate of drug-likeness (QED) is 0.865.